The van der Waals surface area contributed by atoms with Crippen LogP contribution in [0.3, 0.4) is 0 Å². The largest absolute Gasteiger partial charge is 0.481 e. The van der Waals surface area contributed by atoms with Crippen LogP contribution >= 0.6 is 0 Å². The zero-order valence-electron chi connectivity index (χ0n) is 22.6. The van der Waals surface area contributed by atoms with Crippen molar-refractivity contribution in [1.29, 1.82) is 0 Å². The Bertz CT molecular complexity index is 1280. The van der Waals surface area contributed by atoms with Crippen molar-refractivity contribution < 1.29 is 29.4 Å². The Morgan fingerprint density at radius 2 is 1.66 bits per heavy atom. The zero-order valence-corrected chi connectivity index (χ0v) is 22.6. The number of benzene rings is 1. The molecule has 1 spiro atoms. The number of hydrogen-bond acceptors (Lipinski definition) is 4. The number of carbonyl (C=O) groups is 4. The van der Waals surface area contributed by atoms with Gasteiger partial charge in [-0.1, -0.05) is 38.8 Å². The number of hydrogen-bond donors (Lipinski definition) is 2. The Morgan fingerprint density at radius 3 is 2.26 bits per heavy atom. The molecule has 7 rings (SSSR count). The molecule has 4 fully saturated rings. The summed E-state index contributed by atoms with van der Waals surface area (Å²) in [6.45, 7) is 8.51. The predicted octanol–water partition coefficient (Wildman–Crippen LogP) is 5.40. The van der Waals surface area contributed by atoms with Crippen molar-refractivity contribution in [2.24, 2.45) is 51.8 Å². The van der Waals surface area contributed by atoms with E-state index < -0.39 is 34.6 Å². The fourth-order valence-electron chi connectivity index (χ4n) is 9.97. The highest BCUT2D eigenvalue weighted by Crippen LogP contribution is 2.74. The number of carboxylic acid groups (broad SMARTS) is 2. The van der Waals surface area contributed by atoms with Gasteiger partial charge in [-0.05, 0) is 92.4 Å². The van der Waals surface area contributed by atoms with Crippen LogP contribution in [0.15, 0.2) is 35.9 Å². The first-order valence-electron chi connectivity index (χ1n) is 14.0. The number of rotatable bonds is 4. The Hall–Kier alpha value is -2.96. The summed E-state index contributed by atoms with van der Waals surface area (Å²) in [7, 11) is 0. The van der Waals surface area contributed by atoms with Crippen molar-refractivity contribution in [3.05, 3.63) is 41.5 Å². The molecule has 1 aromatic rings. The van der Waals surface area contributed by atoms with Crippen LogP contribution in [0.25, 0.3) is 0 Å². The lowest BCUT2D eigenvalue weighted by Gasteiger charge is -2.68. The first kappa shape index (κ1) is 25.3. The van der Waals surface area contributed by atoms with Crippen molar-refractivity contribution in [3.8, 4) is 0 Å². The quantitative estimate of drug-likeness (QED) is 0.407. The van der Waals surface area contributed by atoms with E-state index in [1.807, 2.05) is 6.92 Å². The molecule has 3 saturated carbocycles. The molecule has 38 heavy (non-hydrogen) atoms. The lowest BCUT2D eigenvalue weighted by atomic mass is 9.34. The minimum atomic E-state index is -1.05. The van der Waals surface area contributed by atoms with Gasteiger partial charge in [0.2, 0.25) is 11.8 Å². The molecule has 1 saturated heterocycles. The Balaban J connectivity index is 1.46. The molecule has 1 aromatic carbocycles. The highest BCUT2D eigenvalue weighted by Gasteiger charge is 2.73. The molecular weight excluding hydrogens is 482 g/mol. The van der Waals surface area contributed by atoms with Gasteiger partial charge in [-0.2, -0.15) is 0 Å². The van der Waals surface area contributed by atoms with Crippen LogP contribution in [0.5, 0.6) is 0 Å². The highest BCUT2D eigenvalue weighted by molar-refractivity contribution is 6.23. The van der Waals surface area contributed by atoms with Gasteiger partial charge >= 0.3 is 11.9 Å². The fourth-order valence-corrected chi connectivity index (χ4v) is 9.97. The van der Waals surface area contributed by atoms with E-state index in [1.54, 1.807) is 12.1 Å². The number of carbonyl (C=O) groups excluding carboxylic acids is 2. The van der Waals surface area contributed by atoms with Crippen molar-refractivity contribution in [1.82, 2.24) is 0 Å². The summed E-state index contributed by atoms with van der Waals surface area (Å²) in [5.41, 5.74) is 0.343. The molecular formula is C31H37NO6. The molecule has 2 amide bonds. The molecule has 0 radical (unpaired) electrons. The molecule has 0 aromatic heterocycles. The van der Waals surface area contributed by atoms with E-state index in [-0.39, 0.29) is 46.5 Å². The van der Waals surface area contributed by atoms with Crippen molar-refractivity contribution in [2.75, 3.05) is 4.90 Å². The second-order valence-corrected chi connectivity index (χ2v) is 13.3. The van der Waals surface area contributed by atoms with E-state index in [0.717, 1.165) is 32.1 Å². The number of allylic oxidation sites excluding steroid dienone is 2. The molecule has 8 atom stereocenters. The molecule has 0 unspecified atom stereocenters. The van der Waals surface area contributed by atoms with Gasteiger partial charge in [0.15, 0.2) is 0 Å². The standard InChI is InChI=1S/C31H37NO6/c1-16(2)20-15-31-13-10-21-29(3,11-5-12-30(21,4)28(37)38)22(31)14-19(20)23-24(31)26(34)32(25(23)33)18-8-6-17(7-9-18)27(35)36/h6-9,15-16,19,21-24H,5,10-14H2,1-4H3,(H,35,36)(H,37,38)/t19-,21+,22-,23+,24-,29-,30+,31+/m0/s1. The third-order valence-electron chi connectivity index (χ3n) is 11.5. The minimum Gasteiger partial charge on any atom is -0.481 e. The van der Waals surface area contributed by atoms with Crippen LogP contribution in [0, 0.1) is 51.8 Å². The maximum atomic E-state index is 14.3. The van der Waals surface area contributed by atoms with Gasteiger partial charge in [-0.15, -0.1) is 0 Å². The summed E-state index contributed by atoms with van der Waals surface area (Å²) in [4.78, 5) is 53.5. The average molecular weight is 520 g/mol. The Labute approximate surface area is 223 Å². The normalized spacial score (nSPS) is 41.4. The molecule has 1 heterocycles. The summed E-state index contributed by atoms with van der Waals surface area (Å²) in [6.07, 6.45) is 7.13. The molecule has 7 heteroatoms. The lowest BCUT2D eigenvalue weighted by Crippen LogP contribution is -2.65. The van der Waals surface area contributed by atoms with E-state index in [4.69, 9.17) is 0 Å². The van der Waals surface area contributed by atoms with Crippen LogP contribution in [0.2, 0.25) is 0 Å². The fraction of sp³-hybridized carbons (Fsp3) is 0.613. The van der Waals surface area contributed by atoms with Crippen molar-refractivity contribution in [3.63, 3.8) is 0 Å². The molecule has 202 valence electrons. The number of imide groups is 1. The molecule has 2 bridgehead atoms. The zero-order chi connectivity index (χ0) is 27.4. The van der Waals surface area contributed by atoms with E-state index in [2.05, 4.69) is 26.8 Å². The second kappa shape index (κ2) is 8.03. The Kier molecular flexibility index (Phi) is 5.35. The molecule has 2 N–H and O–H groups in total. The Morgan fingerprint density at radius 1 is 0.974 bits per heavy atom. The second-order valence-electron chi connectivity index (χ2n) is 13.3. The number of amides is 2. The van der Waals surface area contributed by atoms with E-state index >= 15 is 0 Å². The molecule has 1 aliphatic heterocycles. The van der Waals surface area contributed by atoms with Crippen molar-refractivity contribution >= 4 is 29.4 Å². The van der Waals surface area contributed by atoms with E-state index in [9.17, 15) is 29.4 Å². The summed E-state index contributed by atoms with van der Waals surface area (Å²) in [5.74, 6) is -2.62. The van der Waals surface area contributed by atoms with Gasteiger partial charge in [-0.25, -0.2) is 4.79 Å². The summed E-state index contributed by atoms with van der Waals surface area (Å²) < 4.78 is 0. The van der Waals surface area contributed by atoms with Crippen LogP contribution in [0.4, 0.5) is 5.69 Å². The van der Waals surface area contributed by atoms with Gasteiger partial charge < -0.3 is 10.2 Å². The van der Waals surface area contributed by atoms with Crippen LogP contribution in [-0.4, -0.2) is 34.0 Å². The third kappa shape index (κ3) is 3.02. The van der Waals surface area contributed by atoms with Gasteiger partial charge in [0.25, 0.3) is 0 Å². The monoisotopic (exact) mass is 519 g/mol. The average Bonchev–Trinajstić information content (AvgIpc) is 3.15. The number of anilines is 1. The molecule has 7 nitrogen and oxygen atoms in total. The van der Waals surface area contributed by atoms with Gasteiger partial charge in [0.05, 0.1) is 28.5 Å². The topological polar surface area (TPSA) is 112 Å². The predicted molar refractivity (Wildman–Crippen MR) is 140 cm³/mol. The SMILES string of the molecule is CC(C)C1=C[C@]23CC[C@@H]4[C@](C)(CCC[C@@]4(C)C(=O)O)[C@@H]2C[C@@H]1[C@H]1C(=O)N(c2ccc(C(=O)O)cc2)C(=O)[C@H]13. The summed E-state index contributed by atoms with van der Waals surface area (Å²) in [6, 6.07) is 5.99. The number of aromatic carboxylic acids is 1. The smallest absolute Gasteiger partial charge is 0.335 e. The third-order valence-corrected chi connectivity index (χ3v) is 11.5. The van der Waals surface area contributed by atoms with Crippen LogP contribution < -0.4 is 4.90 Å². The number of carboxylic acids is 2. The molecule has 5 aliphatic carbocycles. The lowest BCUT2D eigenvalue weighted by molar-refractivity contribution is -0.194. The molecule has 6 aliphatic rings. The van der Waals surface area contributed by atoms with Gasteiger partial charge in [0.1, 0.15) is 0 Å². The maximum absolute atomic E-state index is 14.3. The minimum absolute atomic E-state index is 0.0393. The number of nitrogens with zero attached hydrogens (tertiary/aromatic N) is 1. The van der Waals surface area contributed by atoms with Gasteiger partial charge in [-0.3, -0.25) is 19.3 Å². The van der Waals surface area contributed by atoms with Crippen LogP contribution in [-0.2, 0) is 14.4 Å². The maximum Gasteiger partial charge on any atom is 0.335 e. The number of aliphatic carboxylic acids is 1. The first-order valence-corrected chi connectivity index (χ1v) is 14.0. The van der Waals surface area contributed by atoms with E-state index in [0.29, 0.717) is 12.1 Å². The summed E-state index contributed by atoms with van der Waals surface area (Å²) in [5, 5.41) is 19.6. The summed E-state index contributed by atoms with van der Waals surface area (Å²) >= 11 is 0. The van der Waals surface area contributed by atoms with Crippen LogP contribution in [0.1, 0.15) is 76.6 Å². The van der Waals surface area contributed by atoms with E-state index in [1.165, 1.54) is 22.6 Å². The van der Waals surface area contributed by atoms with Crippen molar-refractivity contribution in [2.45, 2.75) is 66.2 Å². The first-order chi connectivity index (χ1) is 17.9. The highest BCUT2D eigenvalue weighted by atomic mass is 16.4. The number of fused-ring (bicyclic) bond motifs is 1. The van der Waals surface area contributed by atoms with Gasteiger partial charge in [0, 0.05) is 5.41 Å².